The Bertz CT molecular complexity index is 233. The molecular weight excluding hydrogens is 196 g/mol. The van der Waals surface area contributed by atoms with E-state index < -0.39 is 0 Å². The van der Waals surface area contributed by atoms with Crippen molar-refractivity contribution in [2.45, 2.75) is 36.6 Å². The van der Waals surface area contributed by atoms with E-state index >= 15 is 0 Å². The van der Waals surface area contributed by atoms with Crippen LogP contribution in [0.1, 0.15) is 19.3 Å². The topological polar surface area (TPSA) is 67.6 Å². The summed E-state index contributed by atoms with van der Waals surface area (Å²) < 4.78 is 0. The number of nitrogens with zero attached hydrogens (tertiary/aromatic N) is 2. The Kier molecular flexibility index (Phi) is 2.88. The van der Waals surface area contributed by atoms with Crippen LogP contribution in [0.3, 0.4) is 0 Å². The fourth-order valence-electron chi connectivity index (χ4n) is 2.38. The summed E-state index contributed by atoms with van der Waals surface area (Å²) in [6, 6.07) is 1.04. The van der Waals surface area contributed by atoms with Gasteiger partial charge in [0.25, 0.3) is 0 Å². The lowest BCUT2D eigenvalue weighted by molar-refractivity contribution is 0.128. The van der Waals surface area contributed by atoms with Gasteiger partial charge in [0.1, 0.15) is 0 Å². The molecule has 0 bridgehead atoms. The van der Waals surface area contributed by atoms with Crippen LogP contribution in [-0.2, 0) is 0 Å². The van der Waals surface area contributed by atoms with Crippen LogP contribution < -0.4 is 11.5 Å². The Balaban J connectivity index is 1.80. The highest BCUT2D eigenvalue weighted by atomic mass is 32.1. The predicted octanol–water partition coefficient (Wildman–Crippen LogP) is -0.205. The van der Waals surface area contributed by atoms with E-state index in [1.54, 1.807) is 0 Å². The van der Waals surface area contributed by atoms with Gasteiger partial charge in [-0.3, -0.25) is 9.89 Å². The maximum Gasteiger partial charge on any atom is 0.186 e. The zero-order chi connectivity index (χ0) is 10.1. The molecule has 1 saturated heterocycles. The number of hydrogen-bond donors (Lipinski definition) is 3. The normalized spacial score (nSPS) is 34.1. The predicted molar refractivity (Wildman–Crippen MR) is 61.6 cm³/mol. The lowest BCUT2D eigenvalue weighted by Crippen LogP contribution is -2.52. The first-order valence-electron chi connectivity index (χ1n) is 5.16. The number of guanidine groups is 1. The van der Waals surface area contributed by atoms with Crippen molar-refractivity contribution in [1.82, 2.24) is 4.90 Å². The summed E-state index contributed by atoms with van der Waals surface area (Å²) in [7, 11) is 0. The molecule has 4 N–H and O–H groups in total. The number of thiol groups is 1. The van der Waals surface area contributed by atoms with E-state index in [-0.39, 0.29) is 5.96 Å². The highest BCUT2D eigenvalue weighted by Gasteiger charge is 2.35. The smallest absolute Gasteiger partial charge is 0.186 e. The highest BCUT2D eigenvalue weighted by Crippen LogP contribution is 2.30. The zero-order valence-electron chi connectivity index (χ0n) is 8.26. The van der Waals surface area contributed by atoms with Crippen LogP contribution in [-0.4, -0.2) is 41.3 Å². The first kappa shape index (κ1) is 10.1. The molecule has 0 aromatic rings. The molecule has 0 spiro atoms. The number of nitrogens with two attached hydrogens (primary N) is 2. The van der Waals surface area contributed by atoms with Gasteiger partial charge in [-0.25, -0.2) is 0 Å². The molecule has 0 aromatic heterocycles. The van der Waals surface area contributed by atoms with Gasteiger partial charge < -0.3 is 11.5 Å². The second kappa shape index (κ2) is 3.98. The second-order valence-corrected chi connectivity index (χ2v) is 5.01. The number of likely N-dealkylation sites (tertiary alicyclic amines) is 1. The van der Waals surface area contributed by atoms with E-state index in [1.807, 2.05) is 0 Å². The first-order chi connectivity index (χ1) is 6.65. The number of aliphatic imine (C=N–C) groups is 1. The molecule has 1 aliphatic carbocycles. The summed E-state index contributed by atoms with van der Waals surface area (Å²) in [5.74, 6) is 0.228. The van der Waals surface area contributed by atoms with Gasteiger partial charge in [-0.2, -0.15) is 12.6 Å². The van der Waals surface area contributed by atoms with Crippen molar-refractivity contribution in [3.63, 3.8) is 0 Å². The molecule has 0 aromatic carbocycles. The van der Waals surface area contributed by atoms with Crippen molar-refractivity contribution in [2.75, 3.05) is 13.1 Å². The summed E-state index contributed by atoms with van der Waals surface area (Å²) in [5.41, 5.74) is 10.7. The number of hydrogen-bond acceptors (Lipinski definition) is 3. The highest BCUT2D eigenvalue weighted by molar-refractivity contribution is 7.81. The molecule has 0 unspecified atom stereocenters. The molecule has 2 fully saturated rings. The SMILES string of the molecule is NC(N)=N[C@@H]1CC[C@H](N2CC(S)C2)C1. The Labute approximate surface area is 90.1 Å². The molecule has 14 heavy (non-hydrogen) atoms. The Morgan fingerprint density at radius 1 is 1.29 bits per heavy atom. The van der Waals surface area contributed by atoms with E-state index in [0.29, 0.717) is 17.3 Å². The van der Waals surface area contributed by atoms with E-state index in [0.717, 1.165) is 25.9 Å². The van der Waals surface area contributed by atoms with Crippen LogP contribution in [0.5, 0.6) is 0 Å². The summed E-state index contributed by atoms with van der Waals surface area (Å²) in [4.78, 5) is 6.70. The minimum atomic E-state index is 0.228. The van der Waals surface area contributed by atoms with E-state index in [1.165, 1.54) is 6.42 Å². The zero-order valence-corrected chi connectivity index (χ0v) is 9.16. The van der Waals surface area contributed by atoms with Gasteiger partial charge >= 0.3 is 0 Å². The lowest BCUT2D eigenvalue weighted by atomic mass is 10.1. The molecule has 2 atom stereocenters. The summed E-state index contributed by atoms with van der Waals surface area (Å²) in [6.45, 7) is 2.25. The fraction of sp³-hybridized carbons (Fsp3) is 0.889. The van der Waals surface area contributed by atoms with Gasteiger partial charge in [-0.1, -0.05) is 0 Å². The molecular formula is C9H18N4S. The molecule has 80 valence electrons. The van der Waals surface area contributed by atoms with Crippen LogP contribution >= 0.6 is 12.6 Å². The van der Waals surface area contributed by atoms with Crippen molar-refractivity contribution >= 4 is 18.6 Å². The Morgan fingerprint density at radius 2 is 2.00 bits per heavy atom. The van der Waals surface area contributed by atoms with Crippen LogP contribution in [0.4, 0.5) is 0 Å². The lowest BCUT2D eigenvalue weighted by Gasteiger charge is -2.41. The molecule has 0 radical (unpaired) electrons. The first-order valence-corrected chi connectivity index (χ1v) is 5.67. The summed E-state index contributed by atoms with van der Waals surface area (Å²) >= 11 is 4.41. The van der Waals surface area contributed by atoms with Crippen molar-refractivity contribution < 1.29 is 0 Å². The molecule has 1 saturated carbocycles. The molecule has 1 aliphatic heterocycles. The average Bonchev–Trinajstić information content (AvgIpc) is 2.46. The van der Waals surface area contributed by atoms with Gasteiger partial charge in [-0.05, 0) is 19.3 Å². The van der Waals surface area contributed by atoms with Crippen molar-refractivity contribution in [3.8, 4) is 0 Å². The third kappa shape index (κ3) is 2.15. The van der Waals surface area contributed by atoms with Gasteiger partial charge in [-0.15, -0.1) is 0 Å². The molecule has 2 aliphatic rings. The third-order valence-electron chi connectivity index (χ3n) is 3.12. The second-order valence-electron chi connectivity index (χ2n) is 4.28. The molecule has 1 heterocycles. The Morgan fingerprint density at radius 3 is 2.57 bits per heavy atom. The van der Waals surface area contributed by atoms with Crippen molar-refractivity contribution in [1.29, 1.82) is 0 Å². The monoisotopic (exact) mass is 214 g/mol. The molecule has 0 amide bonds. The quantitative estimate of drug-likeness (QED) is 0.339. The Hall–Kier alpha value is -0.420. The van der Waals surface area contributed by atoms with E-state index in [9.17, 15) is 0 Å². The van der Waals surface area contributed by atoms with Crippen LogP contribution in [0.2, 0.25) is 0 Å². The minimum Gasteiger partial charge on any atom is -0.370 e. The minimum absolute atomic E-state index is 0.228. The summed E-state index contributed by atoms with van der Waals surface area (Å²) in [6.07, 6.45) is 3.46. The van der Waals surface area contributed by atoms with Crippen LogP contribution in [0.25, 0.3) is 0 Å². The van der Waals surface area contributed by atoms with Crippen LogP contribution in [0.15, 0.2) is 4.99 Å². The number of rotatable bonds is 2. The molecule has 4 nitrogen and oxygen atoms in total. The van der Waals surface area contributed by atoms with Crippen molar-refractivity contribution in [2.24, 2.45) is 16.5 Å². The largest absolute Gasteiger partial charge is 0.370 e. The van der Waals surface area contributed by atoms with Gasteiger partial charge in [0, 0.05) is 24.4 Å². The average molecular weight is 214 g/mol. The van der Waals surface area contributed by atoms with E-state index in [2.05, 4.69) is 22.5 Å². The standard InChI is InChI=1S/C9H18N4S/c10-9(11)12-6-1-2-7(3-6)13-4-8(14)5-13/h6-8,14H,1-5H2,(H4,10,11,12)/t6-,7+/m1/s1. The van der Waals surface area contributed by atoms with Gasteiger partial charge in [0.05, 0.1) is 6.04 Å². The molecule has 2 rings (SSSR count). The maximum absolute atomic E-state index is 5.36. The van der Waals surface area contributed by atoms with Crippen molar-refractivity contribution in [3.05, 3.63) is 0 Å². The van der Waals surface area contributed by atoms with Gasteiger partial charge in [0.15, 0.2) is 5.96 Å². The van der Waals surface area contributed by atoms with Crippen LogP contribution in [0, 0.1) is 0 Å². The maximum atomic E-state index is 5.36. The van der Waals surface area contributed by atoms with Gasteiger partial charge in [0.2, 0.25) is 0 Å². The van der Waals surface area contributed by atoms with E-state index in [4.69, 9.17) is 11.5 Å². The summed E-state index contributed by atoms with van der Waals surface area (Å²) in [5, 5.41) is 0.581. The molecule has 5 heteroatoms. The fourth-order valence-corrected chi connectivity index (χ4v) is 2.80. The third-order valence-corrected chi connectivity index (χ3v) is 3.44.